The maximum Gasteiger partial charge on any atom is 0.224 e. The SMILES string of the molecule is CN1CC(NC(=O)CCc2cccs2)CC1=O. The molecule has 1 N–H and O–H groups in total. The van der Waals surface area contributed by atoms with Crippen LogP contribution in [0.15, 0.2) is 17.5 Å². The van der Waals surface area contributed by atoms with E-state index in [1.54, 1.807) is 23.3 Å². The zero-order valence-corrected chi connectivity index (χ0v) is 10.6. The van der Waals surface area contributed by atoms with Crippen molar-refractivity contribution < 1.29 is 9.59 Å². The van der Waals surface area contributed by atoms with Gasteiger partial charge in [0.25, 0.3) is 0 Å². The van der Waals surface area contributed by atoms with Gasteiger partial charge in [0, 0.05) is 31.3 Å². The molecule has 0 radical (unpaired) electrons. The third-order valence-corrected chi connectivity index (χ3v) is 3.82. The molecule has 2 amide bonds. The molecule has 1 aliphatic rings. The van der Waals surface area contributed by atoms with Gasteiger partial charge in [0.05, 0.1) is 6.04 Å². The first kappa shape index (κ1) is 12.1. The second kappa shape index (κ2) is 5.31. The molecule has 5 heteroatoms. The molecule has 0 spiro atoms. The molecule has 2 rings (SSSR count). The standard InChI is InChI=1S/C12H16N2O2S/c1-14-8-9(7-12(14)16)13-11(15)5-4-10-3-2-6-17-10/h2-3,6,9H,4-5,7-8H2,1H3,(H,13,15). The molecule has 1 aromatic rings. The maximum atomic E-state index is 11.7. The van der Waals surface area contributed by atoms with Gasteiger partial charge in [0.1, 0.15) is 0 Å². The van der Waals surface area contributed by atoms with Crippen molar-refractivity contribution in [3.8, 4) is 0 Å². The molecule has 1 unspecified atom stereocenters. The number of rotatable bonds is 4. The number of hydrogen-bond donors (Lipinski definition) is 1. The van der Waals surface area contributed by atoms with Gasteiger partial charge >= 0.3 is 0 Å². The highest BCUT2D eigenvalue weighted by atomic mass is 32.1. The molecule has 1 aromatic heterocycles. The van der Waals surface area contributed by atoms with Crippen molar-refractivity contribution in [1.29, 1.82) is 0 Å². The summed E-state index contributed by atoms with van der Waals surface area (Å²) < 4.78 is 0. The highest BCUT2D eigenvalue weighted by Gasteiger charge is 2.27. The van der Waals surface area contributed by atoms with E-state index in [-0.39, 0.29) is 17.9 Å². The topological polar surface area (TPSA) is 49.4 Å². The van der Waals surface area contributed by atoms with E-state index in [1.165, 1.54) is 4.88 Å². The Balaban J connectivity index is 1.73. The molecule has 4 nitrogen and oxygen atoms in total. The molecular formula is C12H16N2O2S. The van der Waals surface area contributed by atoms with Crippen molar-refractivity contribution in [2.24, 2.45) is 0 Å². The Labute approximate surface area is 105 Å². The Kier molecular flexibility index (Phi) is 3.78. The van der Waals surface area contributed by atoms with E-state index in [0.29, 0.717) is 19.4 Å². The first-order valence-electron chi connectivity index (χ1n) is 5.71. The molecule has 1 fully saturated rings. The number of likely N-dealkylation sites (N-methyl/N-ethyl adjacent to an activating group) is 1. The predicted molar refractivity (Wildman–Crippen MR) is 66.8 cm³/mol. The van der Waals surface area contributed by atoms with Gasteiger partial charge < -0.3 is 10.2 Å². The lowest BCUT2D eigenvalue weighted by Gasteiger charge is -2.12. The number of nitrogens with zero attached hydrogens (tertiary/aromatic N) is 1. The van der Waals surface area contributed by atoms with Gasteiger partial charge in [-0.2, -0.15) is 0 Å². The number of carbonyl (C=O) groups excluding carboxylic acids is 2. The summed E-state index contributed by atoms with van der Waals surface area (Å²) in [5.41, 5.74) is 0. The molecule has 2 heterocycles. The largest absolute Gasteiger partial charge is 0.351 e. The summed E-state index contributed by atoms with van der Waals surface area (Å²) in [6, 6.07) is 4.01. The fourth-order valence-electron chi connectivity index (χ4n) is 1.95. The average molecular weight is 252 g/mol. The summed E-state index contributed by atoms with van der Waals surface area (Å²) in [6.45, 7) is 0.629. The normalized spacial score (nSPS) is 19.7. The maximum absolute atomic E-state index is 11.7. The number of thiophene rings is 1. The van der Waals surface area contributed by atoms with Crippen molar-refractivity contribution in [1.82, 2.24) is 10.2 Å². The predicted octanol–water partition coefficient (Wildman–Crippen LogP) is 1.03. The van der Waals surface area contributed by atoms with Crippen LogP contribution in [0.1, 0.15) is 17.7 Å². The summed E-state index contributed by atoms with van der Waals surface area (Å²) in [7, 11) is 1.76. The molecule has 0 bridgehead atoms. The third kappa shape index (κ3) is 3.30. The first-order valence-corrected chi connectivity index (χ1v) is 6.59. The van der Waals surface area contributed by atoms with E-state index in [9.17, 15) is 9.59 Å². The minimum absolute atomic E-state index is 0.0108. The van der Waals surface area contributed by atoms with E-state index < -0.39 is 0 Å². The number of aryl methyl sites for hydroxylation is 1. The van der Waals surface area contributed by atoms with E-state index in [4.69, 9.17) is 0 Å². The fourth-order valence-corrected chi connectivity index (χ4v) is 2.66. The van der Waals surface area contributed by atoms with Gasteiger partial charge in [-0.3, -0.25) is 9.59 Å². The van der Waals surface area contributed by atoms with Crippen LogP contribution >= 0.6 is 11.3 Å². The molecule has 1 atom stereocenters. The minimum Gasteiger partial charge on any atom is -0.351 e. The monoisotopic (exact) mass is 252 g/mol. The number of likely N-dealkylation sites (tertiary alicyclic amines) is 1. The van der Waals surface area contributed by atoms with Crippen LogP contribution in [0.25, 0.3) is 0 Å². The number of nitrogens with one attached hydrogen (secondary N) is 1. The lowest BCUT2D eigenvalue weighted by molar-refractivity contribution is -0.126. The number of amides is 2. The average Bonchev–Trinajstić information content (AvgIpc) is 2.87. The van der Waals surface area contributed by atoms with Crippen LogP contribution in [-0.2, 0) is 16.0 Å². The summed E-state index contributed by atoms with van der Waals surface area (Å²) in [6.07, 6.45) is 1.70. The second-order valence-electron chi connectivity index (χ2n) is 4.32. The Morgan fingerprint density at radius 3 is 3.06 bits per heavy atom. The van der Waals surface area contributed by atoms with Crippen LogP contribution in [0.2, 0.25) is 0 Å². The van der Waals surface area contributed by atoms with Crippen LogP contribution in [0.5, 0.6) is 0 Å². The summed E-state index contributed by atoms with van der Waals surface area (Å²) in [5, 5.41) is 4.92. The van der Waals surface area contributed by atoms with Gasteiger partial charge in [-0.05, 0) is 17.9 Å². The summed E-state index contributed by atoms with van der Waals surface area (Å²) >= 11 is 1.67. The van der Waals surface area contributed by atoms with Gasteiger partial charge in [0.15, 0.2) is 0 Å². The Morgan fingerprint density at radius 2 is 2.47 bits per heavy atom. The number of hydrogen-bond acceptors (Lipinski definition) is 3. The smallest absolute Gasteiger partial charge is 0.224 e. The van der Waals surface area contributed by atoms with Crippen LogP contribution in [-0.4, -0.2) is 36.3 Å². The van der Waals surface area contributed by atoms with Crippen molar-refractivity contribution in [3.63, 3.8) is 0 Å². The minimum atomic E-state index is -0.0108. The van der Waals surface area contributed by atoms with Crippen molar-refractivity contribution in [3.05, 3.63) is 22.4 Å². The van der Waals surface area contributed by atoms with Gasteiger partial charge in [-0.15, -0.1) is 11.3 Å². The lowest BCUT2D eigenvalue weighted by Crippen LogP contribution is -2.36. The van der Waals surface area contributed by atoms with Crippen LogP contribution < -0.4 is 5.32 Å². The summed E-state index contributed by atoms with van der Waals surface area (Å²) in [5.74, 6) is 0.139. The second-order valence-corrected chi connectivity index (χ2v) is 5.35. The Morgan fingerprint density at radius 1 is 1.65 bits per heavy atom. The molecule has 0 saturated carbocycles. The highest BCUT2D eigenvalue weighted by molar-refractivity contribution is 7.09. The fraction of sp³-hybridized carbons (Fsp3) is 0.500. The Hall–Kier alpha value is -1.36. The van der Waals surface area contributed by atoms with Gasteiger partial charge in [-0.1, -0.05) is 6.07 Å². The van der Waals surface area contributed by atoms with Crippen molar-refractivity contribution in [2.45, 2.75) is 25.3 Å². The van der Waals surface area contributed by atoms with Crippen molar-refractivity contribution >= 4 is 23.2 Å². The zero-order valence-electron chi connectivity index (χ0n) is 9.81. The van der Waals surface area contributed by atoms with E-state index >= 15 is 0 Å². The third-order valence-electron chi connectivity index (χ3n) is 2.88. The molecule has 1 aliphatic heterocycles. The number of carbonyl (C=O) groups is 2. The molecular weight excluding hydrogens is 236 g/mol. The van der Waals surface area contributed by atoms with Gasteiger partial charge in [-0.25, -0.2) is 0 Å². The summed E-state index contributed by atoms with van der Waals surface area (Å²) in [4.78, 5) is 25.8. The molecule has 92 valence electrons. The lowest BCUT2D eigenvalue weighted by atomic mass is 10.2. The van der Waals surface area contributed by atoms with Crippen LogP contribution in [0.3, 0.4) is 0 Å². The van der Waals surface area contributed by atoms with E-state index in [2.05, 4.69) is 5.32 Å². The molecule has 0 aromatic carbocycles. The highest BCUT2D eigenvalue weighted by Crippen LogP contribution is 2.12. The van der Waals surface area contributed by atoms with Crippen molar-refractivity contribution in [2.75, 3.05) is 13.6 Å². The molecule has 17 heavy (non-hydrogen) atoms. The molecule has 0 aliphatic carbocycles. The first-order chi connectivity index (χ1) is 8.15. The quantitative estimate of drug-likeness (QED) is 0.870. The Bertz CT molecular complexity index is 403. The zero-order chi connectivity index (χ0) is 12.3. The van der Waals surface area contributed by atoms with E-state index in [1.807, 2.05) is 17.5 Å². The van der Waals surface area contributed by atoms with E-state index in [0.717, 1.165) is 6.42 Å². The van der Waals surface area contributed by atoms with Crippen LogP contribution in [0, 0.1) is 0 Å². The van der Waals surface area contributed by atoms with Crippen LogP contribution in [0.4, 0.5) is 0 Å². The molecule has 1 saturated heterocycles. The van der Waals surface area contributed by atoms with Gasteiger partial charge in [0.2, 0.25) is 11.8 Å².